The molecular weight excluding hydrogens is 180 g/mol. The molecule has 1 aliphatic rings. The molecule has 2 rings (SSSR count). The summed E-state index contributed by atoms with van der Waals surface area (Å²) in [5, 5.41) is 10.3. The molecule has 0 bridgehead atoms. The van der Waals surface area contributed by atoms with Gasteiger partial charge in [0.1, 0.15) is 0 Å². The molecule has 2 heteroatoms. The van der Waals surface area contributed by atoms with Crippen molar-refractivity contribution in [3.63, 3.8) is 0 Å². The van der Waals surface area contributed by atoms with E-state index in [4.69, 9.17) is 0 Å². The van der Waals surface area contributed by atoms with Crippen LogP contribution in [-0.4, -0.2) is 16.6 Å². The number of hydrogen-bond donors (Lipinski definition) is 1. The number of aryl methyl sites for hydroxylation is 1. The summed E-state index contributed by atoms with van der Waals surface area (Å²) < 4.78 is 0. The summed E-state index contributed by atoms with van der Waals surface area (Å²) in [6.45, 7) is 2.07. The molecule has 1 heterocycles. The molecule has 13 heavy (non-hydrogen) atoms. The Morgan fingerprint density at radius 1 is 1.38 bits per heavy atom. The second-order valence-electron chi connectivity index (χ2n) is 3.65. The molecule has 1 nitrogen and oxygen atoms in total. The van der Waals surface area contributed by atoms with Crippen LogP contribution in [0.25, 0.3) is 0 Å². The lowest BCUT2D eigenvalue weighted by Gasteiger charge is -2.23. The van der Waals surface area contributed by atoms with Crippen molar-refractivity contribution in [1.82, 2.24) is 0 Å². The third-order valence-corrected chi connectivity index (χ3v) is 3.82. The van der Waals surface area contributed by atoms with Crippen LogP contribution in [0.15, 0.2) is 24.3 Å². The van der Waals surface area contributed by atoms with Crippen LogP contribution in [0.2, 0.25) is 0 Å². The SMILES string of the molecule is Cc1ccccc1[C@]1(O)CCSC1. The fourth-order valence-electron chi connectivity index (χ4n) is 1.86. The Balaban J connectivity index is 2.39. The summed E-state index contributed by atoms with van der Waals surface area (Å²) in [7, 11) is 0. The second kappa shape index (κ2) is 3.35. The molecule has 0 aromatic heterocycles. The molecule has 1 fully saturated rings. The van der Waals surface area contributed by atoms with Crippen molar-refractivity contribution < 1.29 is 5.11 Å². The van der Waals surface area contributed by atoms with Crippen LogP contribution < -0.4 is 0 Å². The Labute approximate surface area is 83.2 Å². The molecule has 1 saturated heterocycles. The summed E-state index contributed by atoms with van der Waals surface area (Å²) in [6, 6.07) is 8.13. The zero-order valence-corrected chi connectivity index (χ0v) is 8.60. The predicted molar refractivity (Wildman–Crippen MR) is 57.0 cm³/mol. The highest BCUT2D eigenvalue weighted by molar-refractivity contribution is 7.99. The standard InChI is InChI=1S/C11H14OS/c1-9-4-2-3-5-10(9)11(12)6-7-13-8-11/h2-5,12H,6-8H2,1H3/t11-/m0/s1. The number of hydrogen-bond acceptors (Lipinski definition) is 2. The Morgan fingerprint density at radius 3 is 2.77 bits per heavy atom. The molecule has 1 aromatic rings. The van der Waals surface area contributed by atoms with Gasteiger partial charge in [0.2, 0.25) is 0 Å². The lowest BCUT2D eigenvalue weighted by molar-refractivity contribution is 0.0651. The largest absolute Gasteiger partial charge is 0.384 e. The van der Waals surface area contributed by atoms with Crippen LogP contribution >= 0.6 is 11.8 Å². The molecule has 0 radical (unpaired) electrons. The van der Waals surface area contributed by atoms with Gasteiger partial charge in [-0.2, -0.15) is 11.8 Å². The topological polar surface area (TPSA) is 20.2 Å². The Bertz CT molecular complexity index is 303. The van der Waals surface area contributed by atoms with E-state index in [2.05, 4.69) is 13.0 Å². The van der Waals surface area contributed by atoms with Crippen LogP contribution in [0.3, 0.4) is 0 Å². The Hall–Kier alpha value is -0.470. The lowest BCUT2D eigenvalue weighted by Crippen LogP contribution is -2.25. The minimum absolute atomic E-state index is 0.560. The van der Waals surface area contributed by atoms with Gasteiger partial charge in [0.25, 0.3) is 0 Å². The van der Waals surface area contributed by atoms with Gasteiger partial charge in [-0.1, -0.05) is 24.3 Å². The molecule has 70 valence electrons. The Kier molecular flexibility index (Phi) is 2.35. The van der Waals surface area contributed by atoms with Gasteiger partial charge in [0.15, 0.2) is 0 Å². The van der Waals surface area contributed by atoms with Crippen LogP contribution in [-0.2, 0) is 5.60 Å². The average Bonchev–Trinajstić information content (AvgIpc) is 2.54. The maximum atomic E-state index is 10.3. The summed E-state index contributed by atoms with van der Waals surface area (Å²) in [4.78, 5) is 0. The van der Waals surface area contributed by atoms with Crippen molar-refractivity contribution >= 4 is 11.8 Å². The molecule has 0 spiro atoms. The third kappa shape index (κ3) is 1.61. The van der Waals surface area contributed by atoms with Crippen molar-refractivity contribution in [3.05, 3.63) is 35.4 Å². The predicted octanol–water partition coefficient (Wildman–Crippen LogP) is 2.32. The summed E-state index contributed by atoms with van der Waals surface area (Å²) in [6.07, 6.45) is 0.891. The Morgan fingerprint density at radius 2 is 2.15 bits per heavy atom. The van der Waals surface area contributed by atoms with Crippen molar-refractivity contribution in [3.8, 4) is 0 Å². The minimum atomic E-state index is -0.560. The highest BCUT2D eigenvalue weighted by atomic mass is 32.2. The second-order valence-corrected chi connectivity index (χ2v) is 4.75. The number of thioether (sulfide) groups is 1. The van der Waals surface area contributed by atoms with E-state index in [-0.39, 0.29) is 0 Å². The first kappa shape index (κ1) is 9.10. The third-order valence-electron chi connectivity index (χ3n) is 2.65. The van der Waals surface area contributed by atoms with Crippen molar-refractivity contribution in [2.75, 3.05) is 11.5 Å². The van der Waals surface area contributed by atoms with Crippen LogP contribution in [0, 0.1) is 6.92 Å². The van der Waals surface area contributed by atoms with E-state index in [1.807, 2.05) is 30.0 Å². The van der Waals surface area contributed by atoms with Gasteiger partial charge in [-0.15, -0.1) is 0 Å². The van der Waals surface area contributed by atoms with E-state index in [0.717, 1.165) is 23.5 Å². The van der Waals surface area contributed by atoms with E-state index in [1.54, 1.807) is 0 Å². The molecule has 0 aliphatic carbocycles. The van der Waals surface area contributed by atoms with Crippen molar-refractivity contribution in [2.24, 2.45) is 0 Å². The molecule has 1 atom stereocenters. The lowest BCUT2D eigenvalue weighted by atomic mass is 9.90. The van der Waals surface area contributed by atoms with Crippen LogP contribution in [0.5, 0.6) is 0 Å². The number of aliphatic hydroxyl groups is 1. The number of benzene rings is 1. The maximum absolute atomic E-state index is 10.3. The molecule has 1 aromatic carbocycles. The smallest absolute Gasteiger partial charge is 0.0996 e. The fourth-order valence-corrected chi connectivity index (χ4v) is 3.13. The van der Waals surface area contributed by atoms with Gasteiger partial charge in [0.05, 0.1) is 5.60 Å². The van der Waals surface area contributed by atoms with E-state index in [9.17, 15) is 5.11 Å². The summed E-state index contributed by atoms with van der Waals surface area (Å²) in [5.41, 5.74) is 1.75. The highest BCUT2D eigenvalue weighted by Gasteiger charge is 2.34. The van der Waals surface area contributed by atoms with Gasteiger partial charge in [-0.25, -0.2) is 0 Å². The summed E-state index contributed by atoms with van der Waals surface area (Å²) >= 11 is 1.83. The fraction of sp³-hybridized carbons (Fsp3) is 0.455. The van der Waals surface area contributed by atoms with Gasteiger partial charge in [-0.3, -0.25) is 0 Å². The first-order valence-electron chi connectivity index (χ1n) is 4.59. The molecule has 1 N–H and O–H groups in total. The first-order valence-corrected chi connectivity index (χ1v) is 5.74. The monoisotopic (exact) mass is 194 g/mol. The normalized spacial score (nSPS) is 27.8. The number of rotatable bonds is 1. The zero-order chi connectivity index (χ0) is 9.31. The quantitative estimate of drug-likeness (QED) is 0.740. The minimum Gasteiger partial charge on any atom is -0.384 e. The van der Waals surface area contributed by atoms with Gasteiger partial charge in [0, 0.05) is 5.75 Å². The molecule has 1 aliphatic heterocycles. The van der Waals surface area contributed by atoms with Gasteiger partial charge >= 0.3 is 0 Å². The molecular formula is C11H14OS. The highest BCUT2D eigenvalue weighted by Crippen LogP contribution is 2.37. The van der Waals surface area contributed by atoms with Crippen molar-refractivity contribution in [2.45, 2.75) is 18.9 Å². The molecule has 0 unspecified atom stereocenters. The zero-order valence-electron chi connectivity index (χ0n) is 7.79. The van der Waals surface area contributed by atoms with E-state index >= 15 is 0 Å². The van der Waals surface area contributed by atoms with E-state index in [0.29, 0.717) is 0 Å². The van der Waals surface area contributed by atoms with E-state index in [1.165, 1.54) is 5.56 Å². The molecule has 0 amide bonds. The van der Waals surface area contributed by atoms with Gasteiger partial charge in [-0.05, 0) is 30.2 Å². The van der Waals surface area contributed by atoms with Gasteiger partial charge < -0.3 is 5.11 Å². The first-order chi connectivity index (χ1) is 6.22. The maximum Gasteiger partial charge on any atom is 0.0996 e. The summed E-state index contributed by atoms with van der Waals surface area (Å²) in [5.74, 6) is 1.92. The van der Waals surface area contributed by atoms with Crippen LogP contribution in [0.1, 0.15) is 17.5 Å². The van der Waals surface area contributed by atoms with E-state index < -0.39 is 5.60 Å². The average molecular weight is 194 g/mol. The van der Waals surface area contributed by atoms with Crippen molar-refractivity contribution in [1.29, 1.82) is 0 Å². The van der Waals surface area contributed by atoms with Crippen LogP contribution in [0.4, 0.5) is 0 Å². The molecule has 0 saturated carbocycles.